The molecule has 2 rings (SSSR count). The van der Waals surface area contributed by atoms with Gasteiger partial charge in [-0.1, -0.05) is 0 Å². The first-order chi connectivity index (χ1) is 6.68. The number of ether oxygens (including phenoxy) is 1. The molecule has 0 fully saturated rings. The summed E-state index contributed by atoms with van der Waals surface area (Å²) in [5, 5.41) is 8.78. The molecule has 0 saturated carbocycles. The predicted molar refractivity (Wildman–Crippen MR) is 52.2 cm³/mol. The summed E-state index contributed by atoms with van der Waals surface area (Å²) in [5.41, 5.74) is 1.21. The highest BCUT2D eigenvalue weighted by Crippen LogP contribution is 2.31. The van der Waals surface area contributed by atoms with Crippen LogP contribution < -0.4 is 9.64 Å². The molecule has 4 heteroatoms. The van der Waals surface area contributed by atoms with Crippen LogP contribution in [0.2, 0.25) is 0 Å². The molecule has 0 unspecified atom stereocenters. The van der Waals surface area contributed by atoms with Gasteiger partial charge >= 0.3 is 5.97 Å². The van der Waals surface area contributed by atoms with Gasteiger partial charge in [-0.3, -0.25) is 0 Å². The summed E-state index contributed by atoms with van der Waals surface area (Å²) in [6, 6.07) is 4.93. The zero-order valence-electron chi connectivity index (χ0n) is 7.86. The number of carboxylic acid groups (broad SMARTS) is 1. The van der Waals surface area contributed by atoms with Crippen molar-refractivity contribution in [2.45, 2.75) is 0 Å². The zero-order valence-corrected chi connectivity index (χ0v) is 7.86. The standard InChI is InChI=1S/C10H11NO3/c1-11-4-5-14-9-6-7(10(12)13)2-3-8(9)11/h2-3,6H,4-5H2,1H3,(H,12,13). The number of anilines is 1. The van der Waals surface area contributed by atoms with Crippen molar-refractivity contribution in [1.82, 2.24) is 0 Å². The Morgan fingerprint density at radius 2 is 2.36 bits per heavy atom. The highest BCUT2D eigenvalue weighted by atomic mass is 16.5. The molecule has 1 aromatic carbocycles. The van der Waals surface area contributed by atoms with Crippen LogP contribution in [0.4, 0.5) is 5.69 Å². The SMILES string of the molecule is CN1CCOc2cc(C(=O)O)ccc21. The molecule has 14 heavy (non-hydrogen) atoms. The summed E-state index contributed by atoms with van der Waals surface area (Å²) in [6.45, 7) is 1.44. The molecule has 0 atom stereocenters. The van der Waals surface area contributed by atoms with Crippen LogP contribution in [0.15, 0.2) is 18.2 Å². The zero-order chi connectivity index (χ0) is 10.1. The summed E-state index contributed by atoms with van der Waals surface area (Å²) in [7, 11) is 1.96. The fourth-order valence-electron chi connectivity index (χ4n) is 1.49. The molecule has 0 saturated heterocycles. The lowest BCUT2D eigenvalue weighted by atomic mass is 10.1. The molecular weight excluding hydrogens is 182 g/mol. The molecule has 1 aliphatic rings. The van der Waals surface area contributed by atoms with E-state index in [1.54, 1.807) is 18.2 Å². The van der Waals surface area contributed by atoms with Crippen molar-refractivity contribution in [1.29, 1.82) is 0 Å². The first-order valence-electron chi connectivity index (χ1n) is 4.40. The van der Waals surface area contributed by atoms with E-state index in [0.717, 1.165) is 12.2 Å². The van der Waals surface area contributed by atoms with Crippen LogP contribution >= 0.6 is 0 Å². The molecule has 1 aromatic rings. The van der Waals surface area contributed by atoms with Crippen molar-refractivity contribution in [3.8, 4) is 5.75 Å². The normalized spacial score (nSPS) is 14.5. The third-order valence-corrected chi connectivity index (χ3v) is 2.30. The first kappa shape index (κ1) is 8.87. The van der Waals surface area contributed by atoms with Crippen LogP contribution in [-0.4, -0.2) is 31.3 Å². The van der Waals surface area contributed by atoms with Gasteiger partial charge in [-0.15, -0.1) is 0 Å². The van der Waals surface area contributed by atoms with Gasteiger partial charge in [0.2, 0.25) is 0 Å². The molecule has 0 radical (unpaired) electrons. The van der Waals surface area contributed by atoms with Crippen molar-refractivity contribution in [2.24, 2.45) is 0 Å². The van der Waals surface area contributed by atoms with Crippen molar-refractivity contribution in [3.63, 3.8) is 0 Å². The van der Waals surface area contributed by atoms with Gasteiger partial charge in [-0.05, 0) is 18.2 Å². The Morgan fingerprint density at radius 1 is 1.57 bits per heavy atom. The fourth-order valence-corrected chi connectivity index (χ4v) is 1.49. The third-order valence-electron chi connectivity index (χ3n) is 2.30. The Hall–Kier alpha value is -1.71. The molecule has 1 N–H and O–H groups in total. The number of nitrogens with zero attached hydrogens (tertiary/aromatic N) is 1. The summed E-state index contributed by atoms with van der Waals surface area (Å²) >= 11 is 0. The van der Waals surface area contributed by atoms with Crippen LogP contribution in [0.5, 0.6) is 5.75 Å². The topological polar surface area (TPSA) is 49.8 Å². The number of hydrogen-bond acceptors (Lipinski definition) is 3. The second kappa shape index (κ2) is 3.21. The number of carbonyl (C=O) groups is 1. The van der Waals surface area contributed by atoms with E-state index >= 15 is 0 Å². The highest BCUT2D eigenvalue weighted by Gasteiger charge is 2.16. The van der Waals surface area contributed by atoms with E-state index in [-0.39, 0.29) is 5.56 Å². The summed E-state index contributed by atoms with van der Waals surface area (Å²) in [6.07, 6.45) is 0. The quantitative estimate of drug-likeness (QED) is 0.728. The lowest BCUT2D eigenvalue weighted by Crippen LogP contribution is -2.28. The minimum absolute atomic E-state index is 0.263. The van der Waals surface area contributed by atoms with Gasteiger partial charge in [-0.25, -0.2) is 4.79 Å². The maximum atomic E-state index is 10.7. The highest BCUT2D eigenvalue weighted by molar-refractivity contribution is 5.89. The van der Waals surface area contributed by atoms with Crippen LogP contribution in [0.1, 0.15) is 10.4 Å². The number of fused-ring (bicyclic) bond motifs is 1. The average molecular weight is 193 g/mol. The molecule has 0 spiro atoms. The molecule has 74 valence electrons. The Morgan fingerprint density at radius 3 is 3.07 bits per heavy atom. The summed E-state index contributed by atoms with van der Waals surface area (Å²) in [4.78, 5) is 12.7. The Bertz CT molecular complexity index is 376. The molecule has 0 aromatic heterocycles. The lowest BCUT2D eigenvalue weighted by Gasteiger charge is -2.27. The van der Waals surface area contributed by atoms with Crippen LogP contribution in [0.3, 0.4) is 0 Å². The second-order valence-corrected chi connectivity index (χ2v) is 3.26. The monoisotopic (exact) mass is 193 g/mol. The van der Waals surface area contributed by atoms with E-state index in [1.807, 2.05) is 11.9 Å². The average Bonchev–Trinajstić information content (AvgIpc) is 2.17. The number of aromatic carboxylic acids is 1. The molecule has 1 aliphatic heterocycles. The maximum absolute atomic E-state index is 10.7. The predicted octanol–water partition coefficient (Wildman–Crippen LogP) is 1.21. The molecule has 0 aliphatic carbocycles. The van der Waals surface area contributed by atoms with E-state index in [2.05, 4.69) is 0 Å². The van der Waals surface area contributed by atoms with Crippen molar-refractivity contribution in [2.75, 3.05) is 25.1 Å². The number of hydrogen-bond donors (Lipinski definition) is 1. The lowest BCUT2D eigenvalue weighted by molar-refractivity contribution is 0.0696. The van der Waals surface area contributed by atoms with Crippen molar-refractivity contribution in [3.05, 3.63) is 23.8 Å². The van der Waals surface area contributed by atoms with Crippen molar-refractivity contribution >= 4 is 11.7 Å². The number of carboxylic acids is 1. The van der Waals surface area contributed by atoms with Gasteiger partial charge in [0.25, 0.3) is 0 Å². The smallest absolute Gasteiger partial charge is 0.335 e. The van der Waals surface area contributed by atoms with Gasteiger partial charge in [-0.2, -0.15) is 0 Å². The number of benzene rings is 1. The summed E-state index contributed by atoms with van der Waals surface area (Å²) < 4.78 is 5.38. The van der Waals surface area contributed by atoms with E-state index in [1.165, 1.54) is 0 Å². The van der Waals surface area contributed by atoms with Gasteiger partial charge < -0.3 is 14.7 Å². The maximum Gasteiger partial charge on any atom is 0.335 e. The van der Waals surface area contributed by atoms with E-state index in [4.69, 9.17) is 9.84 Å². The van der Waals surface area contributed by atoms with Crippen molar-refractivity contribution < 1.29 is 14.6 Å². The third kappa shape index (κ3) is 1.39. The molecule has 0 bridgehead atoms. The van der Waals surface area contributed by atoms with Crippen LogP contribution in [-0.2, 0) is 0 Å². The first-order valence-corrected chi connectivity index (χ1v) is 4.40. The molecular formula is C10H11NO3. The number of rotatable bonds is 1. The van der Waals surface area contributed by atoms with Crippen LogP contribution in [0.25, 0.3) is 0 Å². The second-order valence-electron chi connectivity index (χ2n) is 3.26. The van der Waals surface area contributed by atoms with Gasteiger partial charge in [0.1, 0.15) is 12.4 Å². The van der Waals surface area contributed by atoms with Gasteiger partial charge in [0, 0.05) is 7.05 Å². The molecule has 0 amide bonds. The van der Waals surface area contributed by atoms with E-state index in [0.29, 0.717) is 12.4 Å². The fraction of sp³-hybridized carbons (Fsp3) is 0.300. The van der Waals surface area contributed by atoms with E-state index in [9.17, 15) is 4.79 Å². The Kier molecular flexibility index (Phi) is 2.04. The molecule has 1 heterocycles. The molecule has 4 nitrogen and oxygen atoms in total. The minimum Gasteiger partial charge on any atom is -0.490 e. The number of likely N-dealkylation sites (N-methyl/N-ethyl adjacent to an activating group) is 1. The van der Waals surface area contributed by atoms with Gasteiger partial charge in [0.15, 0.2) is 0 Å². The largest absolute Gasteiger partial charge is 0.490 e. The Labute approximate surface area is 81.7 Å². The van der Waals surface area contributed by atoms with E-state index < -0.39 is 5.97 Å². The van der Waals surface area contributed by atoms with Crippen LogP contribution in [0, 0.1) is 0 Å². The Balaban J connectivity index is 2.44. The minimum atomic E-state index is -0.926. The van der Waals surface area contributed by atoms with Gasteiger partial charge in [0.05, 0.1) is 17.8 Å². The summed E-state index contributed by atoms with van der Waals surface area (Å²) in [5.74, 6) is -0.275.